The Kier molecular flexibility index (Phi) is 3.20. The number of hydrazine groups is 1. The number of nitrogens with two attached hydrogens (primary N) is 1. The molecule has 3 N–H and O–H groups in total. The van der Waals surface area contributed by atoms with E-state index in [0.29, 0.717) is 24.9 Å². The summed E-state index contributed by atoms with van der Waals surface area (Å²) in [5.74, 6) is 6.61. The van der Waals surface area contributed by atoms with Gasteiger partial charge in [0.2, 0.25) is 10.0 Å². The molecule has 19 heavy (non-hydrogen) atoms. The summed E-state index contributed by atoms with van der Waals surface area (Å²) in [5, 5.41) is 0. The van der Waals surface area contributed by atoms with Crippen molar-refractivity contribution in [2.24, 2.45) is 17.7 Å². The van der Waals surface area contributed by atoms with E-state index in [1.54, 1.807) is 16.4 Å². The van der Waals surface area contributed by atoms with Crippen LogP contribution < -0.4 is 11.3 Å². The summed E-state index contributed by atoms with van der Waals surface area (Å²) in [7, 11) is -3.50. The van der Waals surface area contributed by atoms with Crippen molar-refractivity contribution < 1.29 is 8.42 Å². The molecule has 1 aromatic rings. The number of aromatic nitrogens is 1. The monoisotopic (exact) mass is 282 g/mol. The van der Waals surface area contributed by atoms with Gasteiger partial charge in [-0.1, -0.05) is 6.42 Å². The maximum absolute atomic E-state index is 12.6. The molecular weight excluding hydrogens is 264 g/mol. The quantitative estimate of drug-likeness (QED) is 0.632. The van der Waals surface area contributed by atoms with Gasteiger partial charge in [-0.25, -0.2) is 19.2 Å². The smallest absolute Gasteiger partial charge is 0.246 e. The molecule has 0 amide bonds. The highest BCUT2D eigenvalue weighted by molar-refractivity contribution is 7.89. The van der Waals surface area contributed by atoms with Crippen molar-refractivity contribution in [3.05, 3.63) is 18.3 Å². The number of nitrogens with one attached hydrogen (secondary N) is 1. The molecule has 1 saturated heterocycles. The third-order valence-electron chi connectivity index (χ3n) is 4.22. The molecule has 104 valence electrons. The Labute approximate surface area is 113 Å². The number of nitrogens with zero attached hydrogens (tertiary/aromatic N) is 2. The summed E-state index contributed by atoms with van der Waals surface area (Å²) < 4.78 is 26.9. The standard InChI is InChI=1S/C12H18N4O2S/c13-15-12-11(5-2-6-14-12)19(17,18)16-7-9-3-1-4-10(9)8-16/h2,5-6,9-10H,1,3-4,7-8,13H2,(H,14,15). The Morgan fingerprint density at radius 2 is 2.00 bits per heavy atom. The molecule has 6 nitrogen and oxygen atoms in total. The number of fused-ring (bicyclic) bond motifs is 1. The predicted molar refractivity (Wildman–Crippen MR) is 71.6 cm³/mol. The van der Waals surface area contributed by atoms with Gasteiger partial charge in [-0.05, 0) is 36.8 Å². The fraction of sp³-hybridized carbons (Fsp3) is 0.583. The van der Waals surface area contributed by atoms with E-state index < -0.39 is 10.0 Å². The van der Waals surface area contributed by atoms with Gasteiger partial charge in [0, 0.05) is 19.3 Å². The molecule has 1 aromatic heterocycles. The normalized spacial score (nSPS) is 27.4. The molecule has 7 heteroatoms. The SMILES string of the molecule is NNc1ncccc1S(=O)(=O)N1CC2CCCC2C1. The summed E-state index contributed by atoms with van der Waals surface area (Å²) in [4.78, 5) is 4.13. The van der Waals surface area contributed by atoms with Crippen LogP contribution in [0.2, 0.25) is 0 Å². The molecule has 0 bridgehead atoms. The van der Waals surface area contributed by atoms with Crippen molar-refractivity contribution in [3.8, 4) is 0 Å². The van der Waals surface area contributed by atoms with Crippen LogP contribution in [0, 0.1) is 11.8 Å². The maximum Gasteiger partial charge on any atom is 0.246 e. The first-order valence-corrected chi connectivity index (χ1v) is 7.98. The predicted octanol–water partition coefficient (Wildman–Crippen LogP) is 0.788. The van der Waals surface area contributed by atoms with E-state index in [0.717, 1.165) is 12.8 Å². The molecule has 1 aliphatic carbocycles. The molecule has 2 aliphatic rings. The van der Waals surface area contributed by atoms with Crippen molar-refractivity contribution in [1.29, 1.82) is 0 Å². The molecule has 0 aromatic carbocycles. The number of sulfonamides is 1. The van der Waals surface area contributed by atoms with Gasteiger partial charge in [0.05, 0.1) is 0 Å². The molecular formula is C12H18N4O2S. The number of rotatable bonds is 3. The molecule has 3 rings (SSSR count). The van der Waals surface area contributed by atoms with Crippen molar-refractivity contribution in [2.75, 3.05) is 18.5 Å². The summed E-state index contributed by atoms with van der Waals surface area (Å²) in [6.07, 6.45) is 5.04. The van der Waals surface area contributed by atoms with Gasteiger partial charge in [0.15, 0.2) is 5.82 Å². The lowest BCUT2D eigenvalue weighted by Crippen LogP contribution is -2.30. The van der Waals surface area contributed by atoms with Gasteiger partial charge in [0.1, 0.15) is 4.90 Å². The third kappa shape index (κ3) is 2.11. The van der Waals surface area contributed by atoms with Crippen molar-refractivity contribution in [2.45, 2.75) is 24.2 Å². The first-order valence-electron chi connectivity index (χ1n) is 6.54. The van der Waals surface area contributed by atoms with E-state index in [9.17, 15) is 8.42 Å². The van der Waals surface area contributed by atoms with Crippen molar-refractivity contribution in [3.63, 3.8) is 0 Å². The third-order valence-corrected chi connectivity index (χ3v) is 6.08. The molecule has 2 unspecified atom stereocenters. The molecule has 0 radical (unpaired) electrons. The number of anilines is 1. The Balaban J connectivity index is 1.91. The highest BCUT2D eigenvalue weighted by Gasteiger charge is 2.42. The van der Waals surface area contributed by atoms with Gasteiger partial charge in [-0.15, -0.1) is 0 Å². The zero-order valence-electron chi connectivity index (χ0n) is 10.6. The average Bonchev–Trinajstić information content (AvgIpc) is 2.99. The van der Waals surface area contributed by atoms with E-state index >= 15 is 0 Å². The molecule has 1 aliphatic heterocycles. The fourth-order valence-electron chi connectivity index (χ4n) is 3.23. The second-order valence-corrected chi connectivity index (χ2v) is 7.17. The number of nitrogen functional groups attached to an aromatic ring is 1. The molecule has 2 heterocycles. The van der Waals surface area contributed by atoms with Crippen LogP contribution in [0.15, 0.2) is 23.2 Å². The summed E-state index contributed by atoms with van der Waals surface area (Å²) >= 11 is 0. The molecule has 2 fully saturated rings. The maximum atomic E-state index is 12.6. The first-order chi connectivity index (χ1) is 9.13. The number of pyridine rings is 1. The van der Waals surface area contributed by atoms with E-state index in [2.05, 4.69) is 10.4 Å². The average molecular weight is 282 g/mol. The van der Waals surface area contributed by atoms with Gasteiger partial charge < -0.3 is 5.43 Å². The van der Waals surface area contributed by atoms with Crippen LogP contribution in [0.1, 0.15) is 19.3 Å². The summed E-state index contributed by atoms with van der Waals surface area (Å²) in [6, 6.07) is 3.16. The van der Waals surface area contributed by atoms with Gasteiger partial charge in [0.25, 0.3) is 0 Å². The second-order valence-electron chi connectivity index (χ2n) is 5.27. The Bertz CT molecular complexity index is 563. The minimum absolute atomic E-state index is 0.164. The van der Waals surface area contributed by atoms with Gasteiger partial charge >= 0.3 is 0 Å². The molecule has 1 saturated carbocycles. The number of hydrogen-bond acceptors (Lipinski definition) is 5. The largest absolute Gasteiger partial charge is 0.307 e. The van der Waals surface area contributed by atoms with E-state index in [1.807, 2.05) is 0 Å². The lowest BCUT2D eigenvalue weighted by Gasteiger charge is -2.18. The second kappa shape index (κ2) is 4.73. The lowest BCUT2D eigenvalue weighted by atomic mass is 10.0. The van der Waals surface area contributed by atoms with Crippen LogP contribution in [0.5, 0.6) is 0 Å². The van der Waals surface area contributed by atoms with Gasteiger partial charge in [-0.2, -0.15) is 4.31 Å². The van der Waals surface area contributed by atoms with Crippen LogP contribution in [0.25, 0.3) is 0 Å². The lowest BCUT2D eigenvalue weighted by molar-refractivity contribution is 0.445. The Morgan fingerprint density at radius 3 is 2.63 bits per heavy atom. The topological polar surface area (TPSA) is 88.3 Å². The van der Waals surface area contributed by atoms with Crippen LogP contribution in [0.3, 0.4) is 0 Å². The van der Waals surface area contributed by atoms with Gasteiger partial charge in [-0.3, -0.25) is 0 Å². The van der Waals surface area contributed by atoms with Crippen molar-refractivity contribution in [1.82, 2.24) is 9.29 Å². The summed E-state index contributed by atoms with van der Waals surface area (Å²) in [6.45, 7) is 1.26. The van der Waals surface area contributed by atoms with E-state index in [4.69, 9.17) is 5.84 Å². The minimum atomic E-state index is -3.50. The fourth-order valence-corrected chi connectivity index (χ4v) is 4.89. The van der Waals surface area contributed by atoms with E-state index in [1.165, 1.54) is 12.6 Å². The van der Waals surface area contributed by atoms with Crippen LogP contribution in [0.4, 0.5) is 5.82 Å². The molecule has 0 spiro atoms. The first kappa shape index (κ1) is 12.8. The van der Waals surface area contributed by atoms with Crippen LogP contribution >= 0.6 is 0 Å². The zero-order chi connectivity index (χ0) is 13.5. The van der Waals surface area contributed by atoms with Crippen molar-refractivity contribution >= 4 is 15.8 Å². The highest BCUT2D eigenvalue weighted by Crippen LogP contribution is 2.40. The van der Waals surface area contributed by atoms with Crippen LogP contribution in [-0.2, 0) is 10.0 Å². The summed E-state index contributed by atoms with van der Waals surface area (Å²) in [5.41, 5.74) is 2.36. The zero-order valence-corrected chi connectivity index (χ0v) is 11.4. The Hall–Kier alpha value is -1.18. The molecule has 2 atom stereocenters. The van der Waals surface area contributed by atoms with E-state index in [-0.39, 0.29) is 10.7 Å². The number of hydrogen-bond donors (Lipinski definition) is 2. The minimum Gasteiger partial charge on any atom is -0.307 e. The Morgan fingerprint density at radius 1 is 1.32 bits per heavy atom. The van der Waals surface area contributed by atoms with Crippen LogP contribution in [-0.4, -0.2) is 30.8 Å². The highest BCUT2D eigenvalue weighted by atomic mass is 32.2.